The largest absolute Gasteiger partial charge is 0.507 e. The number of rotatable bonds is 6. The van der Waals surface area contributed by atoms with Gasteiger partial charge in [-0.25, -0.2) is 9.97 Å². The highest BCUT2D eigenvalue weighted by atomic mass is 16.3. The minimum Gasteiger partial charge on any atom is -0.507 e. The van der Waals surface area contributed by atoms with Crippen LogP contribution in [0.1, 0.15) is 50.7 Å². The molecule has 0 atom stereocenters. The molecule has 4 heteroatoms. The van der Waals surface area contributed by atoms with E-state index in [0.29, 0.717) is 11.4 Å². The zero-order valence-electron chi connectivity index (χ0n) is 25.5. The Morgan fingerprint density at radius 3 is 1.98 bits per heavy atom. The summed E-state index contributed by atoms with van der Waals surface area (Å²) in [6.45, 7) is 8.94. The summed E-state index contributed by atoms with van der Waals surface area (Å²) in [5.41, 5.74) is 9.98. The van der Waals surface area contributed by atoms with Crippen molar-refractivity contribution < 1.29 is 5.11 Å². The highest BCUT2D eigenvalue weighted by Gasteiger charge is 2.25. The van der Waals surface area contributed by atoms with Crippen LogP contribution in [0.5, 0.6) is 5.75 Å². The van der Waals surface area contributed by atoms with E-state index in [4.69, 9.17) is 9.97 Å². The van der Waals surface area contributed by atoms with Gasteiger partial charge in [-0.05, 0) is 52.6 Å². The predicted octanol–water partition coefficient (Wildman–Crippen LogP) is 10.5. The molecule has 7 aromatic rings. The maximum atomic E-state index is 11.1. The average Bonchev–Trinajstić information content (AvgIpc) is 3.43. The van der Waals surface area contributed by atoms with Crippen molar-refractivity contribution in [2.24, 2.45) is 0 Å². The molecule has 216 valence electrons. The third kappa shape index (κ3) is 4.64. The first-order chi connectivity index (χ1) is 21.4. The molecule has 44 heavy (non-hydrogen) atoms. The molecule has 0 aliphatic rings. The summed E-state index contributed by atoms with van der Waals surface area (Å²) in [7, 11) is 0. The lowest BCUT2D eigenvalue weighted by Gasteiger charge is -2.22. The van der Waals surface area contributed by atoms with Gasteiger partial charge in [-0.2, -0.15) is 0 Å². The van der Waals surface area contributed by atoms with E-state index in [0.717, 1.165) is 50.0 Å². The molecule has 5 aromatic carbocycles. The number of nitrogens with zero attached hydrogens (tertiary/aromatic N) is 3. The first-order valence-corrected chi connectivity index (χ1v) is 15.3. The molecule has 7 rings (SSSR count). The van der Waals surface area contributed by atoms with E-state index in [1.54, 1.807) is 6.07 Å². The summed E-state index contributed by atoms with van der Waals surface area (Å²) in [5.74, 6) is 1.49. The van der Waals surface area contributed by atoms with Crippen LogP contribution in [0.4, 0.5) is 0 Å². The smallest absolute Gasteiger partial charge is 0.149 e. The van der Waals surface area contributed by atoms with Gasteiger partial charge in [0.1, 0.15) is 11.6 Å². The maximum Gasteiger partial charge on any atom is 0.149 e. The van der Waals surface area contributed by atoms with E-state index in [-0.39, 0.29) is 17.6 Å². The zero-order valence-corrected chi connectivity index (χ0v) is 25.5. The number of imidazole rings is 1. The Hall–Kier alpha value is -5.22. The lowest BCUT2D eigenvalue weighted by Crippen LogP contribution is -2.08. The summed E-state index contributed by atoms with van der Waals surface area (Å²) in [6.07, 6.45) is 0. The molecular weight excluding hydrogens is 538 g/mol. The first kappa shape index (κ1) is 27.6. The van der Waals surface area contributed by atoms with Gasteiger partial charge >= 0.3 is 0 Å². The minimum absolute atomic E-state index is 0.202. The van der Waals surface area contributed by atoms with Crippen molar-refractivity contribution in [1.82, 2.24) is 14.5 Å². The van der Waals surface area contributed by atoms with E-state index in [9.17, 15) is 5.11 Å². The van der Waals surface area contributed by atoms with Crippen molar-refractivity contribution in [2.45, 2.75) is 39.5 Å². The number of aromatic hydroxyl groups is 1. The molecule has 0 bridgehead atoms. The molecule has 4 nitrogen and oxygen atoms in total. The van der Waals surface area contributed by atoms with Crippen LogP contribution >= 0.6 is 0 Å². The number of fused-ring (bicyclic) bond motifs is 2. The molecule has 0 fully saturated rings. The summed E-state index contributed by atoms with van der Waals surface area (Å²) in [4.78, 5) is 10.7. The van der Waals surface area contributed by atoms with Gasteiger partial charge in [-0.3, -0.25) is 4.57 Å². The molecular formula is C40H35N3O. The third-order valence-corrected chi connectivity index (χ3v) is 8.46. The Balaban J connectivity index is 1.61. The molecule has 0 saturated heterocycles. The summed E-state index contributed by atoms with van der Waals surface area (Å²) < 4.78 is 2.27. The Labute approximate surface area is 258 Å². The molecule has 0 saturated carbocycles. The molecule has 0 amide bonds. The third-order valence-electron chi connectivity index (χ3n) is 8.46. The van der Waals surface area contributed by atoms with Crippen LogP contribution in [-0.2, 0) is 0 Å². The number of hydrogen-bond acceptors (Lipinski definition) is 3. The lowest BCUT2D eigenvalue weighted by atomic mass is 9.92. The van der Waals surface area contributed by atoms with Gasteiger partial charge in [0.25, 0.3) is 0 Å². The molecule has 1 N–H and O–H groups in total. The summed E-state index contributed by atoms with van der Waals surface area (Å²) in [6, 6.07) is 41.3. The molecule has 0 aliphatic heterocycles. The van der Waals surface area contributed by atoms with Crippen molar-refractivity contribution in [3.05, 3.63) is 132 Å². The Morgan fingerprint density at radius 2 is 1.25 bits per heavy atom. The fourth-order valence-electron chi connectivity index (χ4n) is 6.29. The van der Waals surface area contributed by atoms with Crippen molar-refractivity contribution in [1.29, 1.82) is 0 Å². The SMILES string of the molecule is CC(C)c1cccc(C(C)C)c1-n1c(-c2ccccc2O)nc2c(-c3nc(-c4ccccc4)cc4ccccc34)cccc21. The molecule has 0 radical (unpaired) electrons. The van der Waals surface area contributed by atoms with Gasteiger partial charge in [-0.1, -0.05) is 125 Å². The van der Waals surface area contributed by atoms with E-state index in [2.05, 4.69) is 111 Å². The van der Waals surface area contributed by atoms with Crippen LogP contribution in [0, 0.1) is 0 Å². The summed E-state index contributed by atoms with van der Waals surface area (Å²) >= 11 is 0. The van der Waals surface area contributed by atoms with E-state index < -0.39 is 0 Å². The van der Waals surface area contributed by atoms with Crippen LogP contribution in [-0.4, -0.2) is 19.6 Å². The highest BCUT2D eigenvalue weighted by Crippen LogP contribution is 2.42. The molecule has 2 aromatic heterocycles. The minimum atomic E-state index is 0.202. The maximum absolute atomic E-state index is 11.1. The quantitative estimate of drug-likeness (QED) is 0.215. The van der Waals surface area contributed by atoms with Gasteiger partial charge < -0.3 is 5.11 Å². The normalized spacial score (nSPS) is 11.7. The van der Waals surface area contributed by atoms with Crippen LogP contribution < -0.4 is 0 Å². The van der Waals surface area contributed by atoms with Gasteiger partial charge in [0.15, 0.2) is 0 Å². The lowest BCUT2D eigenvalue weighted by molar-refractivity contribution is 0.477. The van der Waals surface area contributed by atoms with E-state index in [1.807, 2.05) is 36.4 Å². The molecule has 0 aliphatic carbocycles. The molecule has 2 heterocycles. The second-order valence-corrected chi connectivity index (χ2v) is 12.0. The van der Waals surface area contributed by atoms with E-state index >= 15 is 0 Å². The van der Waals surface area contributed by atoms with Gasteiger partial charge in [0.05, 0.1) is 33.7 Å². The zero-order chi connectivity index (χ0) is 30.4. The second-order valence-electron chi connectivity index (χ2n) is 12.0. The number of benzene rings is 5. The van der Waals surface area contributed by atoms with Gasteiger partial charge in [-0.15, -0.1) is 0 Å². The van der Waals surface area contributed by atoms with Gasteiger partial charge in [0, 0.05) is 16.5 Å². The number of para-hydroxylation sites is 3. The van der Waals surface area contributed by atoms with Crippen molar-refractivity contribution in [2.75, 3.05) is 0 Å². The van der Waals surface area contributed by atoms with Crippen molar-refractivity contribution in [3.63, 3.8) is 0 Å². The standard InChI is InChI=1S/C40H35N3O/c1-25(2)29-19-12-20-30(26(3)4)39(29)43-35-22-13-21-33(38(35)42-40(43)32-18-10-11-23-36(32)44)37-31-17-9-8-16-28(31)24-34(41-37)27-14-6-5-7-15-27/h5-26,44H,1-4H3. The number of phenolic OH excluding ortho intramolecular Hbond substituents is 1. The summed E-state index contributed by atoms with van der Waals surface area (Å²) in [5, 5.41) is 13.3. The second kappa shape index (κ2) is 11.1. The van der Waals surface area contributed by atoms with Crippen molar-refractivity contribution in [3.8, 4) is 45.3 Å². The van der Waals surface area contributed by atoms with Crippen molar-refractivity contribution >= 4 is 21.8 Å². The fourth-order valence-corrected chi connectivity index (χ4v) is 6.29. The fraction of sp³-hybridized carbons (Fsp3) is 0.150. The highest BCUT2D eigenvalue weighted by molar-refractivity contribution is 6.04. The number of aromatic nitrogens is 3. The molecule has 0 spiro atoms. The number of pyridine rings is 1. The number of hydrogen-bond donors (Lipinski definition) is 1. The average molecular weight is 574 g/mol. The Kier molecular flexibility index (Phi) is 6.98. The van der Waals surface area contributed by atoms with E-state index in [1.165, 1.54) is 11.1 Å². The first-order valence-electron chi connectivity index (χ1n) is 15.3. The monoisotopic (exact) mass is 573 g/mol. The predicted molar refractivity (Wildman–Crippen MR) is 183 cm³/mol. The number of phenols is 1. The van der Waals surface area contributed by atoms with Gasteiger partial charge in [0.2, 0.25) is 0 Å². The van der Waals surface area contributed by atoms with Crippen LogP contribution in [0.15, 0.2) is 121 Å². The van der Waals surface area contributed by atoms with Crippen LogP contribution in [0.3, 0.4) is 0 Å². The van der Waals surface area contributed by atoms with Crippen LogP contribution in [0.25, 0.3) is 61.4 Å². The Bertz CT molecular complexity index is 2110. The molecule has 0 unspecified atom stereocenters. The van der Waals surface area contributed by atoms with Crippen LogP contribution in [0.2, 0.25) is 0 Å². The topological polar surface area (TPSA) is 50.9 Å². The Morgan fingerprint density at radius 1 is 0.614 bits per heavy atom.